The summed E-state index contributed by atoms with van der Waals surface area (Å²) in [6, 6.07) is 13.3. The van der Waals surface area contributed by atoms with Crippen LogP contribution in [0.15, 0.2) is 52.9 Å². The van der Waals surface area contributed by atoms with E-state index in [2.05, 4.69) is 10.3 Å². The Hall–Kier alpha value is -3.26. The summed E-state index contributed by atoms with van der Waals surface area (Å²) in [6.45, 7) is 2.58. The molecule has 0 bridgehead atoms. The summed E-state index contributed by atoms with van der Waals surface area (Å²) in [5.41, 5.74) is 1.96. The molecule has 1 N–H and O–H groups in total. The molecular weight excluding hydrogens is 387 g/mol. The Morgan fingerprint density at radius 1 is 1.07 bits per heavy atom. The number of carbonyl (C=O) groups excluding carboxylic acids is 2. The van der Waals surface area contributed by atoms with E-state index in [0.29, 0.717) is 50.6 Å². The molecule has 0 aliphatic carbocycles. The number of carbonyl (C=O) groups is 2. The third kappa shape index (κ3) is 5.01. The summed E-state index contributed by atoms with van der Waals surface area (Å²) in [7, 11) is 0. The molecule has 2 aromatic carbocycles. The fraction of sp³-hybridized carbons (Fsp3) is 0.318. The van der Waals surface area contributed by atoms with Gasteiger partial charge in [0.1, 0.15) is 11.3 Å². The smallest absolute Gasteiger partial charge is 0.238 e. The number of oxazole rings is 1. The van der Waals surface area contributed by atoms with Crippen molar-refractivity contribution >= 4 is 28.6 Å². The zero-order valence-corrected chi connectivity index (χ0v) is 16.5. The van der Waals surface area contributed by atoms with Crippen LogP contribution in [-0.4, -0.2) is 59.3 Å². The van der Waals surface area contributed by atoms with Crippen molar-refractivity contribution in [2.45, 2.75) is 12.8 Å². The van der Waals surface area contributed by atoms with Gasteiger partial charge in [0.15, 0.2) is 11.5 Å². The minimum Gasteiger partial charge on any atom is -0.441 e. The number of rotatable bonds is 6. The van der Waals surface area contributed by atoms with Crippen molar-refractivity contribution in [1.29, 1.82) is 0 Å². The van der Waals surface area contributed by atoms with E-state index >= 15 is 0 Å². The van der Waals surface area contributed by atoms with Crippen molar-refractivity contribution < 1.29 is 18.4 Å². The SMILES string of the molecule is O=C(CN1CCN(C(=O)CCc2nc3ccccc3o2)CC1)Nc1cccc(F)c1. The molecule has 0 radical (unpaired) electrons. The summed E-state index contributed by atoms with van der Waals surface area (Å²) >= 11 is 0. The molecule has 2 heterocycles. The van der Waals surface area contributed by atoms with Crippen LogP contribution in [0.5, 0.6) is 0 Å². The van der Waals surface area contributed by atoms with Gasteiger partial charge in [0, 0.05) is 44.7 Å². The molecule has 1 aromatic heterocycles. The van der Waals surface area contributed by atoms with Crippen LogP contribution < -0.4 is 5.32 Å². The van der Waals surface area contributed by atoms with Gasteiger partial charge >= 0.3 is 0 Å². The van der Waals surface area contributed by atoms with Gasteiger partial charge in [-0.05, 0) is 30.3 Å². The van der Waals surface area contributed by atoms with Gasteiger partial charge in [-0.25, -0.2) is 9.37 Å². The third-order valence-electron chi connectivity index (χ3n) is 5.09. The molecule has 1 fully saturated rings. The molecule has 0 atom stereocenters. The predicted molar refractivity (Wildman–Crippen MR) is 110 cm³/mol. The van der Waals surface area contributed by atoms with Crippen molar-refractivity contribution in [3.63, 3.8) is 0 Å². The molecule has 7 nitrogen and oxygen atoms in total. The van der Waals surface area contributed by atoms with Crippen LogP contribution in [0.3, 0.4) is 0 Å². The molecule has 156 valence electrons. The molecule has 1 aliphatic rings. The van der Waals surface area contributed by atoms with Crippen LogP contribution in [0, 0.1) is 5.82 Å². The Morgan fingerprint density at radius 3 is 2.63 bits per heavy atom. The van der Waals surface area contributed by atoms with Crippen LogP contribution >= 0.6 is 0 Å². The number of nitrogens with zero attached hydrogens (tertiary/aromatic N) is 3. The Morgan fingerprint density at radius 2 is 1.87 bits per heavy atom. The lowest BCUT2D eigenvalue weighted by atomic mass is 10.2. The van der Waals surface area contributed by atoms with Crippen molar-refractivity contribution in [2.24, 2.45) is 0 Å². The Labute approximate surface area is 173 Å². The third-order valence-corrected chi connectivity index (χ3v) is 5.09. The number of amides is 2. The zero-order valence-electron chi connectivity index (χ0n) is 16.5. The van der Waals surface area contributed by atoms with Crippen LogP contribution in [0.2, 0.25) is 0 Å². The first-order valence-electron chi connectivity index (χ1n) is 9.97. The molecule has 3 aromatic rings. The first-order chi connectivity index (χ1) is 14.6. The summed E-state index contributed by atoms with van der Waals surface area (Å²) < 4.78 is 18.9. The zero-order chi connectivity index (χ0) is 20.9. The molecule has 0 unspecified atom stereocenters. The quantitative estimate of drug-likeness (QED) is 0.676. The highest BCUT2D eigenvalue weighted by Gasteiger charge is 2.22. The minimum atomic E-state index is -0.391. The number of benzene rings is 2. The number of fused-ring (bicyclic) bond motifs is 1. The fourth-order valence-corrected chi connectivity index (χ4v) is 3.52. The molecular formula is C22H23FN4O3. The van der Waals surface area contributed by atoms with Gasteiger partial charge in [-0.15, -0.1) is 0 Å². The van der Waals surface area contributed by atoms with Crippen LogP contribution in [0.1, 0.15) is 12.3 Å². The molecule has 1 saturated heterocycles. The summed E-state index contributed by atoms with van der Waals surface area (Å²) in [5.74, 6) is 0.0347. The van der Waals surface area contributed by atoms with E-state index in [1.807, 2.05) is 34.1 Å². The highest BCUT2D eigenvalue weighted by atomic mass is 19.1. The van der Waals surface area contributed by atoms with Gasteiger partial charge in [0.2, 0.25) is 11.8 Å². The van der Waals surface area contributed by atoms with Crippen LogP contribution in [0.4, 0.5) is 10.1 Å². The van der Waals surface area contributed by atoms with Gasteiger partial charge in [-0.3, -0.25) is 14.5 Å². The van der Waals surface area contributed by atoms with Crippen molar-refractivity contribution in [1.82, 2.24) is 14.8 Å². The predicted octanol–water partition coefficient (Wildman–Crippen LogP) is 2.68. The van der Waals surface area contributed by atoms with Crippen molar-refractivity contribution in [3.8, 4) is 0 Å². The Balaban J connectivity index is 1.20. The number of aryl methyl sites for hydroxylation is 1. The maximum atomic E-state index is 13.2. The average Bonchev–Trinajstić information content (AvgIpc) is 3.15. The number of halogens is 1. The lowest BCUT2D eigenvalue weighted by Crippen LogP contribution is -2.50. The summed E-state index contributed by atoms with van der Waals surface area (Å²) in [4.78, 5) is 32.9. The van der Waals surface area contributed by atoms with Gasteiger partial charge in [-0.1, -0.05) is 18.2 Å². The van der Waals surface area contributed by atoms with Crippen LogP contribution in [-0.2, 0) is 16.0 Å². The largest absolute Gasteiger partial charge is 0.441 e. The van der Waals surface area contributed by atoms with Crippen molar-refractivity contribution in [3.05, 3.63) is 60.2 Å². The van der Waals surface area contributed by atoms with Crippen molar-refractivity contribution in [2.75, 3.05) is 38.0 Å². The lowest BCUT2D eigenvalue weighted by molar-refractivity contribution is -0.133. The second-order valence-corrected chi connectivity index (χ2v) is 7.29. The average molecular weight is 410 g/mol. The van der Waals surface area contributed by atoms with E-state index in [-0.39, 0.29) is 18.4 Å². The summed E-state index contributed by atoms with van der Waals surface area (Å²) in [5, 5.41) is 2.69. The molecule has 0 saturated carbocycles. The number of nitrogens with one attached hydrogen (secondary N) is 1. The molecule has 2 amide bonds. The lowest BCUT2D eigenvalue weighted by Gasteiger charge is -2.34. The normalized spacial score (nSPS) is 14.8. The second kappa shape index (κ2) is 9.04. The highest BCUT2D eigenvalue weighted by Crippen LogP contribution is 2.16. The summed E-state index contributed by atoms with van der Waals surface area (Å²) in [6.07, 6.45) is 0.802. The van der Waals surface area contributed by atoms with Crippen LogP contribution in [0.25, 0.3) is 11.1 Å². The molecule has 4 rings (SSSR count). The van der Waals surface area contributed by atoms with E-state index in [1.54, 1.807) is 12.1 Å². The maximum Gasteiger partial charge on any atom is 0.238 e. The first kappa shape index (κ1) is 20.0. The number of para-hydroxylation sites is 2. The molecule has 0 spiro atoms. The second-order valence-electron chi connectivity index (χ2n) is 7.29. The van der Waals surface area contributed by atoms with E-state index in [1.165, 1.54) is 12.1 Å². The first-order valence-corrected chi connectivity index (χ1v) is 9.97. The van der Waals surface area contributed by atoms with E-state index in [9.17, 15) is 14.0 Å². The number of hydrogen-bond acceptors (Lipinski definition) is 5. The van der Waals surface area contributed by atoms with E-state index in [4.69, 9.17) is 4.42 Å². The molecule has 1 aliphatic heterocycles. The highest BCUT2D eigenvalue weighted by molar-refractivity contribution is 5.92. The Kier molecular flexibility index (Phi) is 6.04. The molecule has 8 heteroatoms. The maximum absolute atomic E-state index is 13.2. The number of piperazine rings is 1. The van der Waals surface area contributed by atoms with E-state index in [0.717, 1.165) is 11.1 Å². The standard InChI is InChI=1S/C22H23FN4O3/c23-16-4-3-5-17(14-16)24-20(28)15-26-10-12-27(13-11-26)22(29)9-8-21-25-18-6-1-2-7-19(18)30-21/h1-7,14H,8-13,15H2,(H,24,28). The fourth-order valence-electron chi connectivity index (χ4n) is 3.52. The van der Waals surface area contributed by atoms with Gasteiger partial charge in [0.25, 0.3) is 0 Å². The monoisotopic (exact) mass is 410 g/mol. The van der Waals surface area contributed by atoms with E-state index < -0.39 is 5.82 Å². The minimum absolute atomic E-state index is 0.0566. The topological polar surface area (TPSA) is 78.7 Å². The van der Waals surface area contributed by atoms with Gasteiger partial charge in [-0.2, -0.15) is 0 Å². The molecule has 30 heavy (non-hydrogen) atoms. The van der Waals surface area contributed by atoms with Gasteiger partial charge < -0.3 is 14.6 Å². The van der Waals surface area contributed by atoms with Gasteiger partial charge in [0.05, 0.1) is 6.54 Å². The number of hydrogen-bond donors (Lipinski definition) is 1. The number of anilines is 1. The Bertz CT molecular complexity index is 1010. The number of aromatic nitrogens is 1.